The highest BCUT2D eigenvalue weighted by molar-refractivity contribution is 5.81. The van der Waals surface area contributed by atoms with Crippen molar-refractivity contribution in [1.82, 2.24) is 4.90 Å². The van der Waals surface area contributed by atoms with Crippen LogP contribution in [0.3, 0.4) is 0 Å². The Labute approximate surface area is 119 Å². The van der Waals surface area contributed by atoms with Gasteiger partial charge in [0.1, 0.15) is 12.2 Å². The molecule has 1 aromatic rings. The van der Waals surface area contributed by atoms with Crippen LogP contribution in [0.4, 0.5) is 0 Å². The number of hydrogen-bond acceptors (Lipinski definition) is 3. The Morgan fingerprint density at radius 3 is 2.70 bits per heavy atom. The standard InChI is InChI=1S/C16H21NO3/c1-12-4-6-13(7-5-12)15-11-17(8-10-20-15)16(18)14-3-2-9-19-14/h4-7,14-15H,2-3,8-11H2,1H3/t14-,15-/m0/s1. The molecule has 1 amide bonds. The first-order chi connectivity index (χ1) is 9.74. The van der Waals surface area contributed by atoms with Gasteiger partial charge in [-0.2, -0.15) is 0 Å². The summed E-state index contributed by atoms with van der Waals surface area (Å²) in [6.07, 6.45) is 1.59. The van der Waals surface area contributed by atoms with Crippen molar-refractivity contribution in [2.45, 2.75) is 32.0 Å². The van der Waals surface area contributed by atoms with E-state index in [-0.39, 0.29) is 18.1 Å². The number of nitrogens with zero attached hydrogens (tertiary/aromatic N) is 1. The van der Waals surface area contributed by atoms with Crippen molar-refractivity contribution in [3.05, 3.63) is 35.4 Å². The second kappa shape index (κ2) is 5.94. The summed E-state index contributed by atoms with van der Waals surface area (Å²) in [5, 5.41) is 0. The van der Waals surface area contributed by atoms with E-state index < -0.39 is 0 Å². The van der Waals surface area contributed by atoms with Crippen molar-refractivity contribution >= 4 is 5.91 Å². The first kappa shape index (κ1) is 13.6. The summed E-state index contributed by atoms with van der Waals surface area (Å²) in [5.41, 5.74) is 2.37. The van der Waals surface area contributed by atoms with E-state index >= 15 is 0 Å². The zero-order chi connectivity index (χ0) is 13.9. The van der Waals surface area contributed by atoms with E-state index in [1.54, 1.807) is 0 Å². The lowest BCUT2D eigenvalue weighted by atomic mass is 10.1. The number of benzene rings is 1. The molecular formula is C16H21NO3. The van der Waals surface area contributed by atoms with Crippen molar-refractivity contribution in [1.29, 1.82) is 0 Å². The van der Waals surface area contributed by atoms with E-state index in [9.17, 15) is 4.79 Å². The van der Waals surface area contributed by atoms with E-state index in [0.717, 1.165) is 18.4 Å². The fourth-order valence-electron chi connectivity index (χ4n) is 2.81. The molecule has 2 aliphatic heterocycles. The maximum absolute atomic E-state index is 12.4. The van der Waals surface area contributed by atoms with Crippen LogP contribution in [0.1, 0.15) is 30.1 Å². The van der Waals surface area contributed by atoms with Crippen LogP contribution in [0.2, 0.25) is 0 Å². The average molecular weight is 275 g/mol. The molecule has 0 spiro atoms. The van der Waals surface area contributed by atoms with Gasteiger partial charge in [0.2, 0.25) is 0 Å². The fraction of sp³-hybridized carbons (Fsp3) is 0.562. The van der Waals surface area contributed by atoms with Crippen LogP contribution in [0.25, 0.3) is 0 Å². The zero-order valence-electron chi connectivity index (χ0n) is 11.9. The molecule has 2 atom stereocenters. The molecule has 0 radical (unpaired) electrons. The molecule has 0 bridgehead atoms. The fourth-order valence-corrected chi connectivity index (χ4v) is 2.81. The number of rotatable bonds is 2. The Kier molecular flexibility index (Phi) is 4.03. The lowest BCUT2D eigenvalue weighted by Gasteiger charge is -2.34. The molecular weight excluding hydrogens is 254 g/mol. The molecule has 0 aliphatic carbocycles. The highest BCUT2D eigenvalue weighted by Gasteiger charge is 2.32. The monoisotopic (exact) mass is 275 g/mol. The molecule has 0 saturated carbocycles. The Balaban J connectivity index is 1.66. The Morgan fingerprint density at radius 1 is 1.20 bits per heavy atom. The maximum atomic E-state index is 12.4. The van der Waals surface area contributed by atoms with Gasteiger partial charge in [-0.3, -0.25) is 4.79 Å². The average Bonchev–Trinajstić information content (AvgIpc) is 3.01. The van der Waals surface area contributed by atoms with Crippen molar-refractivity contribution in [3.8, 4) is 0 Å². The van der Waals surface area contributed by atoms with Crippen LogP contribution in [0.5, 0.6) is 0 Å². The molecule has 0 aromatic heterocycles. The van der Waals surface area contributed by atoms with Crippen molar-refractivity contribution in [2.75, 3.05) is 26.3 Å². The minimum absolute atomic E-state index is 0.0188. The van der Waals surface area contributed by atoms with Crippen LogP contribution in [0.15, 0.2) is 24.3 Å². The second-order valence-corrected chi connectivity index (χ2v) is 5.56. The third-order valence-corrected chi connectivity index (χ3v) is 4.03. The summed E-state index contributed by atoms with van der Waals surface area (Å²) in [4.78, 5) is 14.3. The Morgan fingerprint density at radius 2 is 2.00 bits per heavy atom. The summed E-state index contributed by atoms with van der Waals surface area (Å²) in [5.74, 6) is 0.128. The highest BCUT2D eigenvalue weighted by atomic mass is 16.5. The second-order valence-electron chi connectivity index (χ2n) is 5.56. The zero-order valence-corrected chi connectivity index (χ0v) is 11.9. The number of carbonyl (C=O) groups excluding carboxylic acids is 1. The summed E-state index contributed by atoms with van der Waals surface area (Å²) in [6.45, 7) is 4.67. The molecule has 20 heavy (non-hydrogen) atoms. The molecule has 108 valence electrons. The minimum Gasteiger partial charge on any atom is -0.370 e. The summed E-state index contributed by atoms with van der Waals surface area (Å²) in [7, 11) is 0. The van der Waals surface area contributed by atoms with E-state index in [1.807, 2.05) is 4.90 Å². The van der Waals surface area contributed by atoms with Crippen LogP contribution in [0, 0.1) is 6.92 Å². The van der Waals surface area contributed by atoms with Gasteiger partial charge in [0.25, 0.3) is 5.91 Å². The molecule has 4 nitrogen and oxygen atoms in total. The Hall–Kier alpha value is -1.39. The summed E-state index contributed by atoms with van der Waals surface area (Å²) < 4.78 is 11.3. The molecule has 4 heteroatoms. The van der Waals surface area contributed by atoms with Crippen LogP contribution in [-0.4, -0.2) is 43.2 Å². The molecule has 1 aromatic carbocycles. The van der Waals surface area contributed by atoms with E-state index in [0.29, 0.717) is 26.3 Å². The number of hydrogen-bond donors (Lipinski definition) is 0. The predicted molar refractivity (Wildman–Crippen MR) is 75.4 cm³/mol. The highest BCUT2D eigenvalue weighted by Crippen LogP contribution is 2.24. The maximum Gasteiger partial charge on any atom is 0.251 e. The van der Waals surface area contributed by atoms with Gasteiger partial charge in [-0.05, 0) is 25.3 Å². The quantitative estimate of drug-likeness (QED) is 0.829. The molecule has 0 unspecified atom stereocenters. The van der Waals surface area contributed by atoms with Gasteiger partial charge in [-0.15, -0.1) is 0 Å². The topological polar surface area (TPSA) is 38.8 Å². The minimum atomic E-state index is -0.230. The summed E-state index contributed by atoms with van der Waals surface area (Å²) in [6, 6.07) is 8.33. The SMILES string of the molecule is Cc1ccc([C@@H]2CN(C(=O)[C@@H]3CCCO3)CCO2)cc1. The number of ether oxygens (including phenoxy) is 2. The predicted octanol–water partition coefficient (Wildman–Crippen LogP) is 2.07. The number of aryl methyl sites for hydroxylation is 1. The van der Waals surface area contributed by atoms with Crippen molar-refractivity contribution in [2.24, 2.45) is 0 Å². The molecule has 0 N–H and O–H groups in total. The lowest BCUT2D eigenvalue weighted by Crippen LogP contribution is -2.46. The van der Waals surface area contributed by atoms with Crippen molar-refractivity contribution < 1.29 is 14.3 Å². The van der Waals surface area contributed by atoms with Gasteiger partial charge in [-0.25, -0.2) is 0 Å². The van der Waals surface area contributed by atoms with E-state index in [1.165, 1.54) is 5.56 Å². The van der Waals surface area contributed by atoms with E-state index in [2.05, 4.69) is 31.2 Å². The van der Waals surface area contributed by atoms with Gasteiger partial charge in [0.15, 0.2) is 0 Å². The van der Waals surface area contributed by atoms with Gasteiger partial charge in [0, 0.05) is 13.2 Å². The molecule has 2 saturated heterocycles. The number of carbonyl (C=O) groups is 1. The van der Waals surface area contributed by atoms with E-state index in [4.69, 9.17) is 9.47 Å². The van der Waals surface area contributed by atoms with Gasteiger partial charge < -0.3 is 14.4 Å². The summed E-state index contributed by atoms with van der Waals surface area (Å²) >= 11 is 0. The smallest absolute Gasteiger partial charge is 0.251 e. The van der Waals surface area contributed by atoms with Crippen molar-refractivity contribution in [3.63, 3.8) is 0 Å². The molecule has 2 heterocycles. The van der Waals surface area contributed by atoms with Crippen LogP contribution >= 0.6 is 0 Å². The number of amides is 1. The molecule has 2 fully saturated rings. The third-order valence-electron chi connectivity index (χ3n) is 4.03. The van der Waals surface area contributed by atoms with Crippen LogP contribution in [-0.2, 0) is 14.3 Å². The molecule has 3 rings (SSSR count). The third kappa shape index (κ3) is 2.86. The van der Waals surface area contributed by atoms with Crippen LogP contribution < -0.4 is 0 Å². The largest absolute Gasteiger partial charge is 0.370 e. The first-order valence-electron chi connectivity index (χ1n) is 7.32. The van der Waals surface area contributed by atoms with Gasteiger partial charge in [0.05, 0.1) is 13.2 Å². The first-order valence-corrected chi connectivity index (χ1v) is 7.32. The normalized spacial score (nSPS) is 26.8. The van der Waals surface area contributed by atoms with Gasteiger partial charge in [-0.1, -0.05) is 29.8 Å². The molecule has 2 aliphatic rings. The Bertz CT molecular complexity index is 465. The lowest BCUT2D eigenvalue weighted by molar-refractivity contribution is -0.148. The number of morpholine rings is 1. The van der Waals surface area contributed by atoms with Gasteiger partial charge >= 0.3 is 0 Å².